The predicted octanol–water partition coefficient (Wildman–Crippen LogP) is 5.22. The Bertz CT molecular complexity index is 107. The molecule has 0 aliphatic carbocycles. The van der Waals surface area contributed by atoms with Crippen molar-refractivity contribution in [3.05, 3.63) is 24.3 Å². The summed E-state index contributed by atoms with van der Waals surface area (Å²) in [5.41, 5.74) is 1.26. The first kappa shape index (κ1) is 18.3. The molecule has 13 heavy (non-hydrogen) atoms. The van der Waals surface area contributed by atoms with Gasteiger partial charge in [-0.2, -0.15) is 0 Å². The minimum atomic E-state index is 0.646. The fourth-order valence-corrected chi connectivity index (χ4v) is 0.594. The molecule has 0 radical (unpaired) electrons. The Kier molecular flexibility index (Phi) is 24.7. The summed E-state index contributed by atoms with van der Waals surface area (Å²) in [5.74, 6) is 0.646. The van der Waals surface area contributed by atoms with Gasteiger partial charge in [0.05, 0.1) is 0 Å². The van der Waals surface area contributed by atoms with E-state index in [0.29, 0.717) is 5.92 Å². The first-order valence-corrected chi connectivity index (χ1v) is 5.39. The number of hydrogen-bond donors (Lipinski definition) is 0. The maximum atomic E-state index is 3.65. The molecule has 0 bridgehead atoms. The van der Waals surface area contributed by atoms with Crippen LogP contribution in [0.25, 0.3) is 0 Å². The molecule has 0 aliphatic heterocycles. The van der Waals surface area contributed by atoms with Gasteiger partial charge < -0.3 is 0 Å². The lowest BCUT2D eigenvalue weighted by Crippen LogP contribution is -1.78. The van der Waals surface area contributed by atoms with E-state index in [1.807, 2.05) is 19.9 Å². The molecule has 0 aromatic heterocycles. The molecule has 0 saturated heterocycles. The van der Waals surface area contributed by atoms with Crippen molar-refractivity contribution in [2.75, 3.05) is 0 Å². The van der Waals surface area contributed by atoms with E-state index in [1.165, 1.54) is 12.0 Å². The van der Waals surface area contributed by atoms with Crippen LogP contribution in [0.2, 0.25) is 0 Å². The van der Waals surface area contributed by atoms with Crippen molar-refractivity contribution in [3.8, 4) is 0 Å². The van der Waals surface area contributed by atoms with Crippen LogP contribution in [0, 0.1) is 5.92 Å². The highest BCUT2D eigenvalue weighted by Crippen LogP contribution is 2.00. The van der Waals surface area contributed by atoms with Crippen LogP contribution in [0.1, 0.15) is 54.9 Å². The zero-order valence-corrected chi connectivity index (χ0v) is 10.6. The zero-order valence-electron chi connectivity index (χ0n) is 10.6. The quantitative estimate of drug-likeness (QED) is 0.516. The lowest BCUT2D eigenvalue weighted by atomic mass is 10.1. The van der Waals surface area contributed by atoms with Gasteiger partial charge in [-0.15, -0.1) is 0 Å². The second-order valence-electron chi connectivity index (χ2n) is 3.07. The lowest BCUT2D eigenvalue weighted by Gasteiger charge is -1.94. The van der Waals surface area contributed by atoms with Crippen molar-refractivity contribution in [1.29, 1.82) is 0 Å². The standard InChI is InChI=1S/C8H14.C3H8.C2H6/c1-5-8(4)6-7(2)3;1-3-2;1-2/h5-7H,1H2,2-4H3;3H2,1-2H3;1-2H3/b8-6-;;. The summed E-state index contributed by atoms with van der Waals surface area (Å²) in [5, 5.41) is 0. The van der Waals surface area contributed by atoms with Crippen molar-refractivity contribution < 1.29 is 0 Å². The van der Waals surface area contributed by atoms with Gasteiger partial charge in [-0.25, -0.2) is 0 Å². The third-order valence-corrected chi connectivity index (χ3v) is 0.918. The first-order chi connectivity index (χ1) is 6.08. The second-order valence-corrected chi connectivity index (χ2v) is 3.07. The summed E-state index contributed by atoms with van der Waals surface area (Å²) in [4.78, 5) is 0. The fraction of sp³-hybridized carbons (Fsp3) is 0.692. The van der Waals surface area contributed by atoms with Crippen LogP contribution in [-0.2, 0) is 0 Å². The van der Waals surface area contributed by atoms with E-state index in [0.717, 1.165) is 0 Å². The van der Waals surface area contributed by atoms with Crippen LogP contribution >= 0.6 is 0 Å². The molecule has 0 unspecified atom stereocenters. The number of hydrogen-bond acceptors (Lipinski definition) is 0. The number of allylic oxidation sites excluding steroid dienone is 3. The molecule has 0 amide bonds. The van der Waals surface area contributed by atoms with E-state index < -0.39 is 0 Å². The van der Waals surface area contributed by atoms with Gasteiger partial charge in [0.1, 0.15) is 0 Å². The Morgan fingerprint density at radius 3 is 1.62 bits per heavy atom. The van der Waals surface area contributed by atoms with E-state index in [9.17, 15) is 0 Å². The monoisotopic (exact) mass is 184 g/mol. The third kappa shape index (κ3) is 34.4. The zero-order chi connectivity index (χ0) is 11.3. The van der Waals surface area contributed by atoms with Crippen LogP contribution in [-0.4, -0.2) is 0 Å². The summed E-state index contributed by atoms with van der Waals surface area (Å²) in [7, 11) is 0. The molecule has 0 spiro atoms. The maximum Gasteiger partial charge on any atom is -0.0285 e. The van der Waals surface area contributed by atoms with Gasteiger partial charge in [0.2, 0.25) is 0 Å². The van der Waals surface area contributed by atoms with E-state index in [4.69, 9.17) is 0 Å². The Morgan fingerprint density at radius 2 is 1.54 bits per heavy atom. The van der Waals surface area contributed by atoms with E-state index in [1.54, 1.807) is 0 Å². The topological polar surface area (TPSA) is 0 Å². The Morgan fingerprint density at radius 1 is 1.23 bits per heavy atom. The largest absolute Gasteiger partial charge is 0.0988 e. The normalized spacial score (nSPS) is 9.38. The first-order valence-electron chi connectivity index (χ1n) is 5.39. The molecular formula is C13H28. The average Bonchev–Trinajstić information content (AvgIpc) is 2.08. The second kappa shape index (κ2) is 17.5. The summed E-state index contributed by atoms with van der Waals surface area (Å²) >= 11 is 0. The minimum absolute atomic E-state index is 0.646. The molecule has 0 aromatic rings. The van der Waals surface area contributed by atoms with E-state index in [-0.39, 0.29) is 0 Å². The van der Waals surface area contributed by atoms with Crippen molar-refractivity contribution in [2.24, 2.45) is 5.92 Å². The van der Waals surface area contributed by atoms with Gasteiger partial charge in [-0.1, -0.05) is 72.3 Å². The number of rotatable bonds is 2. The summed E-state index contributed by atoms with van der Waals surface area (Å²) in [6, 6.07) is 0. The SMILES string of the molecule is C=C/C(C)=C\C(C)C.CC.CCC. The average molecular weight is 184 g/mol. The van der Waals surface area contributed by atoms with Crippen molar-refractivity contribution >= 4 is 0 Å². The van der Waals surface area contributed by atoms with Crippen LogP contribution in [0.3, 0.4) is 0 Å². The van der Waals surface area contributed by atoms with Crippen LogP contribution < -0.4 is 0 Å². The van der Waals surface area contributed by atoms with Crippen LogP contribution in [0.4, 0.5) is 0 Å². The lowest BCUT2D eigenvalue weighted by molar-refractivity contribution is 0.825. The Balaban J connectivity index is -0.000000169. The molecule has 0 rings (SSSR count). The molecule has 0 aliphatic rings. The Labute approximate surface area is 85.8 Å². The molecule has 0 N–H and O–H groups in total. The smallest absolute Gasteiger partial charge is 0.0285 e. The molecule has 0 fully saturated rings. The van der Waals surface area contributed by atoms with Gasteiger partial charge in [0, 0.05) is 0 Å². The highest BCUT2D eigenvalue weighted by molar-refractivity contribution is 5.13. The fourth-order valence-electron chi connectivity index (χ4n) is 0.594. The van der Waals surface area contributed by atoms with Crippen LogP contribution in [0.15, 0.2) is 24.3 Å². The molecule has 80 valence electrons. The highest BCUT2D eigenvalue weighted by Gasteiger charge is 1.84. The van der Waals surface area contributed by atoms with Crippen molar-refractivity contribution in [3.63, 3.8) is 0 Å². The van der Waals surface area contributed by atoms with Gasteiger partial charge in [0.25, 0.3) is 0 Å². The summed E-state index contributed by atoms with van der Waals surface area (Å²) in [6.45, 7) is 18.3. The van der Waals surface area contributed by atoms with Crippen LogP contribution in [0.5, 0.6) is 0 Å². The highest BCUT2D eigenvalue weighted by atomic mass is 13.9. The predicted molar refractivity (Wildman–Crippen MR) is 66.1 cm³/mol. The van der Waals surface area contributed by atoms with Crippen molar-refractivity contribution in [2.45, 2.75) is 54.9 Å². The molecule has 0 saturated carbocycles. The van der Waals surface area contributed by atoms with E-state index >= 15 is 0 Å². The third-order valence-electron chi connectivity index (χ3n) is 0.918. The Hall–Kier alpha value is -0.520. The minimum Gasteiger partial charge on any atom is -0.0988 e. The van der Waals surface area contributed by atoms with E-state index in [2.05, 4.69) is 47.3 Å². The molecule has 0 nitrogen and oxygen atoms in total. The van der Waals surface area contributed by atoms with Gasteiger partial charge in [0.15, 0.2) is 0 Å². The van der Waals surface area contributed by atoms with Crippen molar-refractivity contribution in [1.82, 2.24) is 0 Å². The van der Waals surface area contributed by atoms with Gasteiger partial charge in [-0.05, 0) is 12.8 Å². The molecule has 0 atom stereocenters. The summed E-state index contributed by atoms with van der Waals surface area (Å²) in [6.07, 6.45) is 5.31. The van der Waals surface area contributed by atoms with Gasteiger partial charge >= 0.3 is 0 Å². The molecule has 0 heterocycles. The molecule has 0 heteroatoms. The molecule has 0 aromatic carbocycles. The van der Waals surface area contributed by atoms with Gasteiger partial charge in [-0.3, -0.25) is 0 Å². The maximum absolute atomic E-state index is 3.65. The summed E-state index contributed by atoms with van der Waals surface area (Å²) < 4.78 is 0. The molecular weight excluding hydrogens is 156 g/mol.